The molecule has 0 bridgehead atoms. The van der Waals surface area contributed by atoms with Gasteiger partial charge in [-0.3, -0.25) is 9.59 Å². The fourth-order valence-corrected chi connectivity index (χ4v) is 2.42. The van der Waals surface area contributed by atoms with Gasteiger partial charge in [-0.1, -0.05) is 5.21 Å². The van der Waals surface area contributed by atoms with E-state index in [1.807, 2.05) is 0 Å². The van der Waals surface area contributed by atoms with Crippen LogP contribution < -0.4 is 10.6 Å². The molecule has 0 aromatic carbocycles. The largest absolute Gasteiger partial charge is 0.371 e. The smallest absolute Gasteiger partial charge is 0.242 e. The summed E-state index contributed by atoms with van der Waals surface area (Å²) >= 11 is 0. The summed E-state index contributed by atoms with van der Waals surface area (Å²) in [7, 11) is 0. The van der Waals surface area contributed by atoms with Gasteiger partial charge in [0, 0.05) is 11.8 Å². The molecule has 2 atom stereocenters. The Morgan fingerprint density at radius 1 is 1.52 bits per heavy atom. The van der Waals surface area contributed by atoms with Crippen LogP contribution in [0.5, 0.6) is 0 Å². The molecule has 2 unspecified atom stereocenters. The van der Waals surface area contributed by atoms with E-state index in [2.05, 4.69) is 30.9 Å². The zero-order valence-corrected chi connectivity index (χ0v) is 12.0. The average molecular weight is 315 g/mol. The first-order valence-electron chi connectivity index (χ1n) is 7.10. The number of carbonyl (C=O) groups is 2. The quantitative estimate of drug-likeness (QED) is 0.525. The topological polar surface area (TPSA) is 127 Å². The Labute approximate surface area is 130 Å². The fourth-order valence-electron chi connectivity index (χ4n) is 2.42. The van der Waals surface area contributed by atoms with Crippen LogP contribution in [0.1, 0.15) is 17.2 Å². The molecule has 23 heavy (non-hydrogen) atoms. The average Bonchev–Trinajstić information content (AvgIpc) is 3.12. The van der Waals surface area contributed by atoms with Crippen molar-refractivity contribution in [3.05, 3.63) is 30.0 Å². The molecule has 118 valence electrons. The molecule has 2 aromatic rings. The number of anilines is 1. The molecule has 0 radical (unpaired) electrons. The number of fused-ring (bicyclic) bond motifs is 1. The van der Waals surface area contributed by atoms with Gasteiger partial charge < -0.3 is 15.4 Å². The lowest BCUT2D eigenvalue weighted by Gasteiger charge is -2.08. The van der Waals surface area contributed by atoms with E-state index in [4.69, 9.17) is 4.74 Å². The first-order valence-corrected chi connectivity index (χ1v) is 7.10. The lowest BCUT2D eigenvalue weighted by molar-refractivity contribution is -0.128. The van der Waals surface area contributed by atoms with Crippen molar-refractivity contribution in [3.8, 4) is 0 Å². The molecular weight excluding hydrogens is 302 g/mol. The SMILES string of the molecule is O=C(NCc1cn(CC2CO2)nn1)C1C(=O)Nc2ncncc21. The number of aromatic nitrogens is 5. The Balaban J connectivity index is 1.40. The van der Waals surface area contributed by atoms with E-state index in [1.165, 1.54) is 12.5 Å². The lowest BCUT2D eigenvalue weighted by atomic mass is 10.0. The number of hydrogen-bond donors (Lipinski definition) is 2. The maximum atomic E-state index is 12.3. The van der Waals surface area contributed by atoms with Crippen molar-refractivity contribution in [2.75, 3.05) is 11.9 Å². The van der Waals surface area contributed by atoms with Gasteiger partial charge in [-0.05, 0) is 0 Å². The number of nitrogens with one attached hydrogen (secondary N) is 2. The summed E-state index contributed by atoms with van der Waals surface area (Å²) in [5, 5.41) is 13.2. The van der Waals surface area contributed by atoms with Gasteiger partial charge in [0.2, 0.25) is 11.8 Å². The summed E-state index contributed by atoms with van der Waals surface area (Å²) in [5.74, 6) is -1.40. The lowest BCUT2D eigenvalue weighted by Crippen LogP contribution is -2.32. The Morgan fingerprint density at radius 3 is 3.22 bits per heavy atom. The van der Waals surface area contributed by atoms with Crippen LogP contribution in [0.4, 0.5) is 5.82 Å². The van der Waals surface area contributed by atoms with E-state index < -0.39 is 17.7 Å². The highest BCUT2D eigenvalue weighted by Crippen LogP contribution is 2.29. The molecule has 2 aliphatic heterocycles. The van der Waals surface area contributed by atoms with Crippen LogP contribution in [0, 0.1) is 0 Å². The van der Waals surface area contributed by atoms with Gasteiger partial charge in [0.1, 0.15) is 29.9 Å². The minimum absolute atomic E-state index is 0.192. The van der Waals surface area contributed by atoms with Crippen molar-refractivity contribution in [1.82, 2.24) is 30.3 Å². The fraction of sp³-hybridized carbons (Fsp3) is 0.385. The number of epoxide rings is 1. The van der Waals surface area contributed by atoms with Crippen molar-refractivity contribution in [2.45, 2.75) is 25.1 Å². The normalized spacial score (nSPS) is 21.7. The minimum Gasteiger partial charge on any atom is -0.371 e. The van der Waals surface area contributed by atoms with Crippen LogP contribution >= 0.6 is 0 Å². The summed E-state index contributed by atoms with van der Waals surface area (Å²) in [6.07, 6.45) is 4.74. The van der Waals surface area contributed by atoms with Crippen LogP contribution in [-0.2, 0) is 27.4 Å². The van der Waals surface area contributed by atoms with Crippen LogP contribution in [0.3, 0.4) is 0 Å². The number of carbonyl (C=O) groups excluding carboxylic acids is 2. The van der Waals surface area contributed by atoms with E-state index in [0.717, 1.165) is 6.61 Å². The Kier molecular flexibility index (Phi) is 3.23. The van der Waals surface area contributed by atoms with Crippen LogP contribution in [0.2, 0.25) is 0 Å². The highest BCUT2D eigenvalue weighted by atomic mass is 16.6. The molecule has 10 heteroatoms. The second kappa shape index (κ2) is 5.39. The van der Waals surface area contributed by atoms with E-state index in [1.54, 1.807) is 10.9 Å². The van der Waals surface area contributed by atoms with Crippen LogP contribution in [0.25, 0.3) is 0 Å². The Bertz CT molecular complexity index is 770. The van der Waals surface area contributed by atoms with Gasteiger partial charge in [0.05, 0.1) is 25.9 Å². The zero-order valence-electron chi connectivity index (χ0n) is 12.0. The third-order valence-electron chi connectivity index (χ3n) is 3.64. The van der Waals surface area contributed by atoms with Crippen molar-refractivity contribution in [3.63, 3.8) is 0 Å². The zero-order chi connectivity index (χ0) is 15.8. The second-order valence-electron chi connectivity index (χ2n) is 5.35. The third-order valence-corrected chi connectivity index (χ3v) is 3.64. The number of nitrogens with zero attached hydrogens (tertiary/aromatic N) is 5. The van der Waals surface area contributed by atoms with Crippen molar-refractivity contribution >= 4 is 17.6 Å². The molecular formula is C13H13N7O3. The van der Waals surface area contributed by atoms with E-state index in [9.17, 15) is 9.59 Å². The number of rotatable bonds is 5. The second-order valence-corrected chi connectivity index (χ2v) is 5.35. The van der Waals surface area contributed by atoms with Crippen LogP contribution in [0.15, 0.2) is 18.7 Å². The molecule has 2 aromatic heterocycles. The molecule has 2 N–H and O–H groups in total. The molecule has 10 nitrogen and oxygen atoms in total. The van der Waals surface area contributed by atoms with E-state index in [0.29, 0.717) is 23.6 Å². The molecule has 2 amide bonds. The van der Waals surface area contributed by atoms with Gasteiger partial charge in [-0.15, -0.1) is 5.10 Å². The molecule has 1 fully saturated rings. The standard InChI is InChI=1S/C13H13N7O3/c21-12(10-9-2-14-6-16-11(9)17-13(10)22)15-1-7-3-20(19-18-7)4-8-5-23-8/h2-3,6,8,10H,1,4-5H2,(H,15,21)(H,14,16,17,22). The van der Waals surface area contributed by atoms with Gasteiger partial charge in [-0.2, -0.15) is 0 Å². The van der Waals surface area contributed by atoms with Gasteiger partial charge in [-0.25, -0.2) is 14.6 Å². The number of ether oxygens (including phenoxy) is 1. The predicted octanol–water partition coefficient (Wildman–Crippen LogP) is -1.18. The van der Waals surface area contributed by atoms with Crippen molar-refractivity contribution in [2.24, 2.45) is 0 Å². The third kappa shape index (κ3) is 2.75. The highest BCUT2D eigenvalue weighted by Gasteiger charge is 2.37. The first kappa shape index (κ1) is 13.8. The molecule has 0 spiro atoms. The maximum Gasteiger partial charge on any atom is 0.242 e. The summed E-state index contributed by atoms with van der Waals surface area (Å²) in [5.41, 5.74) is 1.09. The molecule has 0 saturated carbocycles. The molecule has 4 heterocycles. The van der Waals surface area contributed by atoms with Gasteiger partial charge in [0.15, 0.2) is 0 Å². The number of amides is 2. The Hall–Kier alpha value is -2.88. The van der Waals surface area contributed by atoms with Crippen LogP contribution in [-0.4, -0.2) is 49.5 Å². The molecule has 0 aliphatic carbocycles. The maximum absolute atomic E-state index is 12.3. The monoisotopic (exact) mass is 315 g/mol. The summed E-state index contributed by atoms with van der Waals surface area (Å²) in [6, 6.07) is 0. The van der Waals surface area contributed by atoms with E-state index in [-0.39, 0.29) is 12.6 Å². The van der Waals surface area contributed by atoms with Gasteiger partial charge in [0.25, 0.3) is 0 Å². The summed E-state index contributed by atoms with van der Waals surface area (Å²) in [4.78, 5) is 32.0. The first-order chi connectivity index (χ1) is 11.2. The predicted molar refractivity (Wildman–Crippen MR) is 75.0 cm³/mol. The molecule has 4 rings (SSSR count). The summed E-state index contributed by atoms with van der Waals surface area (Å²) in [6.45, 7) is 1.58. The number of hydrogen-bond acceptors (Lipinski definition) is 7. The van der Waals surface area contributed by atoms with E-state index >= 15 is 0 Å². The molecule has 1 saturated heterocycles. The van der Waals surface area contributed by atoms with Crippen molar-refractivity contribution < 1.29 is 14.3 Å². The highest BCUT2D eigenvalue weighted by molar-refractivity contribution is 6.15. The molecule has 2 aliphatic rings. The summed E-state index contributed by atoms with van der Waals surface area (Å²) < 4.78 is 6.79. The Morgan fingerprint density at radius 2 is 2.39 bits per heavy atom. The van der Waals surface area contributed by atoms with Crippen molar-refractivity contribution in [1.29, 1.82) is 0 Å². The minimum atomic E-state index is -0.943. The van der Waals surface area contributed by atoms with Gasteiger partial charge >= 0.3 is 0 Å².